The molecule has 0 aliphatic carbocycles. The van der Waals surface area contributed by atoms with E-state index in [1.165, 1.54) is 4.90 Å². The highest BCUT2D eigenvalue weighted by Crippen LogP contribution is 2.66. The van der Waals surface area contributed by atoms with E-state index in [4.69, 9.17) is 16.3 Å². The monoisotopic (exact) mass is 591 g/mol. The highest BCUT2D eigenvalue weighted by molar-refractivity contribution is 6.30. The molecule has 2 aromatic carbocycles. The third-order valence-corrected chi connectivity index (χ3v) is 9.61. The fourth-order valence-electron chi connectivity index (χ4n) is 7.34. The molecule has 1 spiro atoms. The number of likely N-dealkylation sites (tertiary alicyclic amines) is 1. The molecule has 1 N–H and O–H groups in total. The van der Waals surface area contributed by atoms with E-state index < -0.39 is 35.1 Å². The maximum Gasteiger partial charge on any atom is 0.253 e. The highest BCUT2D eigenvalue weighted by Gasteiger charge is 2.80. The third-order valence-electron chi connectivity index (χ3n) is 9.35. The fraction of sp³-hybridized carbons (Fsp3) is 0.424. The normalized spacial score (nSPS) is 30.1. The Kier molecular flexibility index (Phi) is 8.09. The second-order valence-electron chi connectivity index (χ2n) is 11.8. The Morgan fingerprint density at radius 2 is 1.64 bits per heavy atom. The van der Waals surface area contributed by atoms with E-state index in [1.54, 1.807) is 53.1 Å². The molecule has 5 rings (SSSR count). The summed E-state index contributed by atoms with van der Waals surface area (Å²) in [4.78, 5) is 48.3. The Morgan fingerprint density at radius 3 is 2.21 bits per heavy atom. The van der Waals surface area contributed by atoms with Crippen LogP contribution in [0.1, 0.15) is 27.2 Å². The van der Waals surface area contributed by atoms with Crippen molar-refractivity contribution >= 4 is 40.7 Å². The maximum absolute atomic E-state index is 14.6. The Balaban J connectivity index is 1.63. The van der Waals surface area contributed by atoms with Gasteiger partial charge in [0.25, 0.3) is 5.91 Å². The minimum atomic E-state index is -1.26. The first kappa shape index (κ1) is 30.0. The van der Waals surface area contributed by atoms with Crippen LogP contribution in [0.5, 0.6) is 0 Å². The lowest BCUT2D eigenvalue weighted by Crippen LogP contribution is -2.58. The van der Waals surface area contributed by atoms with Crippen molar-refractivity contribution in [1.82, 2.24) is 4.90 Å². The van der Waals surface area contributed by atoms with Crippen molar-refractivity contribution in [1.29, 1.82) is 0 Å². The van der Waals surface area contributed by atoms with Crippen molar-refractivity contribution in [3.8, 4) is 0 Å². The van der Waals surface area contributed by atoms with E-state index in [0.717, 1.165) is 0 Å². The molecule has 3 unspecified atom stereocenters. The standard InChI is InChI=1S/C33H38ClN3O5/c1-6-17-35(24-11-9-8-10-12-24)29(39)26-27-30(40)37(22(4)20-38)28(33(27)19-21(3)32(26,5)42-33)31(41)36(18-7-2)25-15-13-23(34)14-16-25/h6-16,21-22,26-28,38H,1-2,17-20H2,3-5H3/t21?,22-,26+,27+,28?,32-,33?/m1/s1. The Morgan fingerprint density at radius 1 is 1.07 bits per heavy atom. The smallest absolute Gasteiger partial charge is 0.253 e. The zero-order chi connectivity index (χ0) is 30.4. The van der Waals surface area contributed by atoms with Gasteiger partial charge >= 0.3 is 0 Å². The molecule has 3 heterocycles. The van der Waals surface area contributed by atoms with Gasteiger partial charge in [-0.25, -0.2) is 0 Å². The number of rotatable bonds is 10. The molecular formula is C33H38ClN3O5. The van der Waals surface area contributed by atoms with E-state index in [9.17, 15) is 19.5 Å². The zero-order valence-electron chi connectivity index (χ0n) is 24.3. The number of carbonyl (C=O) groups is 3. The van der Waals surface area contributed by atoms with Crippen molar-refractivity contribution in [3.63, 3.8) is 0 Å². The number of para-hydroxylation sites is 1. The molecule has 0 radical (unpaired) electrons. The number of ether oxygens (including phenoxy) is 1. The van der Waals surface area contributed by atoms with E-state index in [0.29, 0.717) is 22.8 Å². The summed E-state index contributed by atoms with van der Waals surface area (Å²) in [6.07, 6.45) is 3.70. The number of fused-ring (bicyclic) bond motifs is 1. The van der Waals surface area contributed by atoms with E-state index >= 15 is 0 Å². The van der Waals surface area contributed by atoms with Crippen molar-refractivity contribution in [2.45, 2.75) is 50.5 Å². The number of hydrogen-bond acceptors (Lipinski definition) is 5. The Hall–Kier alpha value is -3.46. The van der Waals surface area contributed by atoms with Crippen molar-refractivity contribution in [3.05, 3.63) is 84.9 Å². The van der Waals surface area contributed by atoms with Crippen LogP contribution < -0.4 is 9.80 Å². The molecule has 42 heavy (non-hydrogen) atoms. The summed E-state index contributed by atoms with van der Waals surface area (Å²) in [5.74, 6) is -2.83. The summed E-state index contributed by atoms with van der Waals surface area (Å²) in [5, 5.41) is 10.8. The molecule has 0 saturated carbocycles. The third kappa shape index (κ3) is 4.48. The number of aliphatic hydroxyl groups excluding tert-OH is 1. The molecule has 7 atom stereocenters. The summed E-state index contributed by atoms with van der Waals surface area (Å²) in [7, 11) is 0. The van der Waals surface area contributed by atoms with Gasteiger partial charge in [-0.15, -0.1) is 13.2 Å². The lowest BCUT2D eigenvalue weighted by atomic mass is 9.62. The number of anilines is 2. The number of benzene rings is 2. The average Bonchev–Trinajstić information content (AvgIpc) is 3.51. The second-order valence-corrected chi connectivity index (χ2v) is 12.2. The highest BCUT2D eigenvalue weighted by atomic mass is 35.5. The fourth-order valence-corrected chi connectivity index (χ4v) is 7.47. The van der Waals surface area contributed by atoms with Crippen LogP contribution in [0.4, 0.5) is 11.4 Å². The number of nitrogens with zero attached hydrogens (tertiary/aromatic N) is 3. The second kappa shape index (κ2) is 11.3. The number of aliphatic hydroxyl groups is 1. The molecule has 3 saturated heterocycles. The van der Waals surface area contributed by atoms with E-state index in [2.05, 4.69) is 13.2 Å². The van der Waals surface area contributed by atoms with Gasteiger partial charge < -0.3 is 24.5 Å². The zero-order valence-corrected chi connectivity index (χ0v) is 25.0. The van der Waals surface area contributed by atoms with Crippen LogP contribution in [0.3, 0.4) is 0 Å². The quantitative estimate of drug-likeness (QED) is 0.412. The maximum atomic E-state index is 14.6. The first-order valence-electron chi connectivity index (χ1n) is 14.3. The van der Waals surface area contributed by atoms with Gasteiger partial charge in [0.2, 0.25) is 11.8 Å². The van der Waals surface area contributed by atoms with E-state index in [-0.39, 0.29) is 43.3 Å². The molecule has 8 nitrogen and oxygen atoms in total. The van der Waals surface area contributed by atoms with Gasteiger partial charge in [0.05, 0.1) is 30.1 Å². The summed E-state index contributed by atoms with van der Waals surface area (Å²) in [5.41, 5.74) is -0.959. The minimum absolute atomic E-state index is 0.125. The van der Waals surface area contributed by atoms with Crippen LogP contribution in [0.2, 0.25) is 5.02 Å². The predicted molar refractivity (Wildman–Crippen MR) is 163 cm³/mol. The SMILES string of the molecule is C=CCN(C(=O)C1N([C@H](C)CO)C(=O)[C@@H]2[C@@H](C(=O)N(CC=C)c3ccccc3)[C@]3(C)OC12CC3C)c1ccc(Cl)cc1. The first-order valence-corrected chi connectivity index (χ1v) is 14.7. The van der Waals surface area contributed by atoms with Gasteiger partial charge in [-0.05, 0) is 62.6 Å². The lowest BCUT2D eigenvalue weighted by molar-refractivity contribution is -0.148. The van der Waals surface area contributed by atoms with Gasteiger partial charge in [-0.1, -0.05) is 48.9 Å². The molecule has 3 amide bonds. The molecule has 222 valence electrons. The first-order chi connectivity index (χ1) is 20.0. The summed E-state index contributed by atoms with van der Waals surface area (Å²) < 4.78 is 6.88. The topological polar surface area (TPSA) is 90.4 Å². The number of hydrogen-bond donors (Lipinski definition) is 1. The summed E-state index contributed by atoms with van der Waals surface area (Å²) in [6, 6.07) is 14.4. The lowest BCUT2D eigenvalue weighted by Gasteiger charge is -2.39. The molecule has 0 aromatic heterocycles. The van der Waals surface area contributed by atoms with E-state index in [1.807, 2.05) is 44.2 Å². The van der Waals surface area contributed by atoms with Crippen LogP contribution in [0.15, 0.2) is 79.9 Å². The molecule has 3 fully saturated rings. The number of amides is 3. The van der Waals surface area contributed by atoms with Crippen LogP contribution in [-0.2, 0) is 19.1 Å². The summed E-state index contributed by atoms with van der Waals surface area (Å²) >= 11 is 6.13. The molecule has 3 aliphatic heterocycles. The molecule has 2 aromatic rings. The number of halogens is 1. The summed E-state index contributed by atoms with van der Waals surface area (Å²) in [6.45, 7) is 13.4. The number of carbonyl (C=O) groups excluding carboxylic acids is 3. The van der Waals surface area contributed by atoms with Crippen molar-refractivity contribution in [2.24, 2.45) is 17.8 Å². The minimum Gasteiger partial charge on any atom is -0.394 e. The van der Waals surface area contributed by atoms with Crippen molar-refractivity contribution in [2.75, 3.05) is 29.5 Å². The van der Waals surface area contributed by atoms with Crippen molar-refractivity contribution < 1.29 is 24.2 Å². The molecule has 3 aliphatic rings. The van der Waals surface area contributed by atoms with Gasteiger partial charge in [0.1, 0.15) is 11.6 Å². The van der Waals surface area contributed by atoms with Crippen LogP contribution in [0.25, 0.3) is 0 Å². The Labute approximate surface area is 252 Å². The van der Waals surface area contributed by atoms with Crippen LogP contribution in [0, 0.1) is 17.8 Å². The average molecular weight is 592 g/mol. The largest absolute Gasteiger partial charge is 0.394 e. The molecular weight excluding hydrogens is 554 g/mol. The van der Waals surface area contributed by atoms with Gasteiger partial charge in [-0.3, -0.25) is 14.4 Å². The van der Waals surface area contributed by atoms with Gasteiger partial charge in [0, 0.05) is 29.5 Å². The van der Waals surface area contributed by atoms with Crippen LogP contribution >= 0.6 is 11.6 Å². The predicted octanol–water partition coefficient (Wildman–Crippen LogP) is 4.47. The Bertz CT molecular complexity index is 1380. The van der Waals surface area contributed by atoms with Gasteiger partial charge in [-0.2, -0.15) is 0 Å². The van der Waals surface area contributed by atoms with Crippen LogP contribution in [-0.4, -0.2) is 70.7 Å². The molecule has 9 heteroatoms. The van der Waals surface area contributed by atoms with Gasteiger partial charge in [0.15, 0.2) is 0 Å². The molecule has 2 bridgehead atoms.